The molecule has 1 aromatic carbocycles. The van der Waals surface area contributed by atoms with E-state index in [1.165, 1.54) is 23.5 Å². The molecule has 0 unspecified atom stereocenters. The van der Waals surface area contributed by atoms with E-state index in [9.17, 15) is 23.1 Å². The van der Waals surface area contributed by atoms with Crippen LogP contribution < -0.4 is 5.32 Å². The summed E-state index contributed by atoms with van der Waals surface area (Å²) in [5.41, 5.74) is -1.08. The van der Waals surface area contributed by atoms with E-state index in [1.54, 1.807) is 20.2 Å². The first-order chi connectivity index (χ1) is 19.1. The summed E-state index contributed by atoms with van der Waals surface area (Å²) in [5.74, 6) is -0.170. The molecule has 2 N–H and O–H groups in total. The van der Waals surface area contributed by atoms with Gasteiger partial charge in [-0.3, -0.25) is 9.69 Å². The number of thiazole rings is 1. The molecule has 0 bridgehead atoms. The minimum atomic E-state index is -4.47. The molecule has 40 heavy (non-hydrogen) atoms. The Morgan fingerprint density at radius 2 is 2.05 bits per heavy atom. The molecule has 8 nitrogen and oxygen atoms in total. The van der Waals surface area contributed by atoms with Crippen molar-refractivity contribution in [2.75, 3.05) is 26.8 Å². The number of nitrogens with zero attached hydrogens (tertiary/aromatic N) is 3. The lowest BCUT2D eigenvalue weighted by Gasteiger charge is -2.38. The van der Waals surface area contributed by atoms with Crippen molar-refractivity contribution in [3.8, 4) is 0 Å². The minimum absolute atomic E-state index is 0.00436. The SMILES string of the molecule is CCO/N=C(\CCC(=O)N[C@@H]1CCN(C2CCC(O)(c3ncc(COC)s3)CC2)C1)c1cccc(C(F)(F)F)c1. The van der Waals surface area contributed by atoms with E-state index in [0.717, 1.165) is 54.4 Å². The van der Waals surface area contributed by atoms with Crippen molar-refractivity contribution in [1.82, 2.24) is 15.2 Å². The van der Waals surface area contributed by atoms with Gasteiger partial charge >= 0.3 is 6.18 Å². The molecule has 1 saturated heterocycles. The number of alkyl halides is 3. The summed E-state index contributed by atoms with van der Waals surface area (Å²) in [6.07, 6.45) is 1.37. The molecule has 2 fully saturated rings. The molecule has 220 valence electrons. The molecule has 0 radical (unpaired) electrons. The Morgan fingerprint density at radius 3 is 2.75 bits per heavy atom. The highest BCUT2D eigenvalue weighted by molar-refractivity contribution is 7.11. The van der Waals surface area contributed by atoms with Gasteiger partial charge in [0.1, 0.15) is 17.2 Å². The van der Waals surface area contributed by atoms with Crippen LogP contribution in [0.4, 0.5) is 13.2 Å². The molecule has 2 heterocycles. The summed E-state index contributed by atoms with van der Waals surface area (Å²) in [6.45, 7) is 4.09. The summed E-state index contributed by atoms with van der Waals surface area (Å²) >= 11 is 1.50. The van der Waals surface area contributed by atoms with E-state index >= 15 is 0 Å². The van der Waals surface area contributed by atoms with Gasteiger partial charge < -0.3 is 20.0 Å². The lowest BCUT2D eigenvalue weighted by atomic mass is 9.82. The number of likely N-dealkylation sites (tertiary alicyclic amines) is 1. The number of ether oxygens (including phenoxy) is 1. The number of carbonyl (C=O) groups is 1. The number of methoxy groups -OCH3 is 1. The number of aromatic nitrogens is 1. The normalized spacial score (nSPS) is 24.3. The van der Waals surface area contributed by atoms with Crippen molar-refractivity contribution in [1.29, 1.82) is 0 Å². The number of rotatable bonds is 11. The second-order valence-electron chi connectivity index (χ2n) is 10.4. The van der Waals surface area contributed by atoms with Crippen LogP contribution in [-0.2, 0) is 32.8 Å². The average Bonchev–Trinajstić information content (AvgIpc) is 3.59. The maximum atomic E-state index is 13.2. The molecule has 0 spiro atoms. The van der Waals surface area contributed by atoms with Gasteiger partial charge in [-0.25, -0.2) is 4.98 Å². The number of hydrogen-bond donors (Lipinski definition) is 2. The maximum Gasteiger partial charge on any atom is 0.416 e. The maximum absolute atomic E-state index is 13.2. The summed E-state index contributed by atoms with van der Waals surface area (Å²) in [5, 5.41) is 19.0. The zero-order valence-corrected chi connectivity index (χ0v) is 23.7. The molecule has 1 aliphatic carbocycles. The first-order valence-corrected chi connectivity index (χ1v) is 14.5. The van der Waals surface area contributed by atoms with Crippen LogP contribution in [0, 0.1) is 0 Å². The van der Waals surface area contributed by atoms with Crippen LogP contribution in [-0.4, -0.2) is 65.5 Å². The van der Waals surface area contributed by atoms with Gasteiger partial charge in [0.25, 0.3) is 0 Å². The fourth-order valence-corrected chi connectivity index (χ4v) is 6.45. The molecule has 1 aliphatic heterocycles. The van der Waals surface area contributed by atoms with Gasteiger partial charge in [0.2, 0.25) is 5.91 Å². The molecule has 12 heteroatoms. The van der Waals surface area contributed by atoms with Crippen LogP contribution in [0.15, 0.2) is 35.6 Å². The molecule has 2 aromatic rings. The van der Waals surface area contributed by atoms with Crippen molar-refractivity contribution in [3.63, 3.8) is 0 Å². The van der Waals surface area contributed by atoms with E-state index in [1.807, 2.05) is 0 Å². The zero-order chi connectivity index (χ0) is 28.8. The lowest BCUT2D eigenvalue weighted by Crippen LogP contribution is -2.43. The van der Waals surface area contributed by atoms with Gasteiger partial charge in [0.15, 0.2) is 0 Å². The smallest absolute Gasteiger partial charge is 0.396 e. The second kappa shape index (κ2) is 13.4. The molecular formula is C28H37F3N4O4S. The average molecular weight is 583 g/mol. The Morgan fingerprint density at radius 1 is 1.27 bits per heavy atom. The summed E-state index contributed by atoms with van der Waals surface area (Å²) < 4.78 is 44.7. The molecular weight excluding hydrogens is 545 g/mol. The number of amides is 1. The fourth-order valence-electron chi connectivity index (χ4n) is 5.42. The number of benzene rings is 1. The number of carbonyl (C=O) groups excluding carboxylic acids is 1. The fraction of sp³-hybridized carbons (Fsp3) is 0.607. The Hall–Kier alpha value is -2.54. The van der Waals surface area contributed by atoms with Crippen molar-refractivity contribution < 1.29 is 32.6 Å². The van der Waals surface area contributed by atoms with Gasteiger partial charge in [0.05, 0.1) is 22.8 Å². The Kier molecular flexibility index (Phi) is 10.2. The summed E-state index contributed by atoms with van der Waals surface area (Å²) in [4.78, 5) is 25.7. The van der Waals surface area contributed by atoms with Crippen LogP contribution in [0.25, 0.3) is 0 Å². The Bertz CT molecular complexity index is 1160. The number of nitrogens with one attached hydrogen (secondary N) is 1. The largest absolute Gasteiger partial charge is 0.416 e. The van der Waals surface area contributed by atoms with Crippen molar-refractivity contribution in [3.05, 3.63) is 51.5 Å². The highest BCUT2D eigenvalue weighted by Gasteiger charge is 2.40. The predicted molar refractivity (Wildman–Crippen MR) is 146 cm³/mol. The third-order valence-electron chi connectivity index (χ3n) is 7.54. The van der Waals surface area contributed by atoms with Crippen LogP contribution in [0.5, 0.6) is 0 Å². The molecule has 1 atom stereocenters. The lowest BCUT2D eigenvalue weighted by molar-refractivity contribution is -0.137. The molecule has 2 aliphatic rings. The van der Waals surface area contributed by atoms with Gasteiger partial charge in [-0.15, -0.1) is 11.3 Å². The van der Waals surface area contributed by atoms with Crippen molar-refractivity contribution in [2.45, 2.75) is 82.3 Å². The van der Waals surface area contributed by atoms with E-state index in [-0.39, 0.29) is 37.0 Å². The topological polar surface area (TPSA) is 96.3 Å². The Labute approximate surface area is 236 Å². The van der Waals surface area contributed by atoms with Gasteiger partial charge in [-0.05, 0) is 56.7 Å². The van der Waals surface area contributed by atoms with Crippen molar-refractivity contribution >= 4 is 23.0 Å². The highest BCUT2D eigenvalue weighted by atomic mass is 32.1. The molecule has 1 saturated carbocycles. The van der Waals surface area contributed by atoms with E-state index in [2.05, 4.69) is 20.4 Å². The van der Waals surface area contributed by atoms with Crippen molar-refractivity contribution in [2.24, 2.45) is 5.16 Å². The number of oxime groups is 1. The number of hydrogen-bond acceptors (Lipinski definition) is 8. The Balaban J connectivity index is 1.26. The van der Waals surface area contributed by atoms with Gasteiger partial charge in [-0.1, -0.05) is 17.3 Å². The minimum Gasteiger partial charge on any atom is -0.396 e. The summed E-state index contributed by atoms with van der Waals surface area (Å²) in [7, 11) is 1.64. The summed E-state index contributed by atoms with van der Waals surface area (Å²) in [6, 6.07) is 5.25. The number of halogens is 3. The first-order valence-electron chi connectivity index (χ1n) is 13.7. The van der Waals surface area contributed by atoms with Crippen LogP contribution in [0.3, 0.4) is 0 Å². The van der Waals surface area contributed by atoms with E-state index in [4.69, 9.17) is 9.57 Å². The molecule has 4 rings (SSSR count). The zero-order valence-electron chi connectivity index (χ0n) is 22.9. The van der Waals surface area contributed by atoms with E-state index < -0.39 is 17.3 Å². The van der Waals surface area contributed by atoms with Crippen LogP contribution >= 0.6 is 11.3 Å². The number of aliphatic hydroxyl groups is 1. The van der Waals surface area contributed by atoms with Crippen LogP contribution in [0.2, 0.25) is 0 Å². The third-order valence-corrected chi connectivity index (χ3v) is 8.70. The molecule has 1 aromatic heterocycles. The molecule has 1 amide bonds. The van der Waals surface area contributed by atoms with Gasteiger partial charge in [0, 0.05) is 51.3 Å². The third kappa shape index (κ3) is 7.80. The standard InChI is InChI=1S/C28H37F3N4O4S/c1-3-39-34-24(19-5-4-6-20(15-19)28(29,30)31)7-8-25(36)33-21-11-14-35(17-21)22-9-12-27(37,13-10-22)26-32-16-23(40-26)18-38-2/h4-6,15-16,21-22,37H,3,7-14,17-18H2,1-2H3,(H,33,36)/b34-24+/t21-,22?,27?/m1/s1. The quantitative estimate of drug-likeness (QED) is 0.291. The second-order valence-corrected chi connectivity index (χ2v) is 11.5. The first kappa shape index (κ1) is 30.4. The predicted octanol–water partition coefficient (Wildman–Crippen LogP) is 4.85. The highest BCUT2D eigenvalue weighted by Crippen LogP contribution is 2.41. The van der Waals surface area contributed by atoms with E-state index in [0.29, 0.717) is 31.2 Å². The monoisotopic (exact) mass is 582 g/mol. The van der Waals surface area contributed by atoms with Gasteiger partial charge in [-0.2, -0.15) is 13.2 Å². The van der Waals surface area contributed by atoms with Crippen LogP contribution in [0.1, 0.15) is 72.9 Å².